The van der Waals surface area contributed by atoms with Gasteiger partial charge in [-0.05, 0) is 24.6 Å². The van der Waals surface area contributed by atoms with E-state index in [4.69, 9.17) is 0 Å². The van der Waals surface area contributed by atoms with Crippen LogP contribution in [0.15, 0.2) is 66.3 Å². The van der Waals surface area contributed by atoms with Crippen LogP contribution >= 0.6 is 0 Å². The number of aromatic nitrogens is 4. The zero-order valence-electron chi connectivity index (χ0n) is 14.7. The molecule has 3 aromatic rings. The molecule has 0 spiro atoms. The maximum absolute atomic E-state index is 13.1. The Hall–Kier alpha value is -4.08. The molecule has 0 unspecified atom stereocenters. The standard InChI is InChI=1S/C18H15N7O3/c1-11-15(17(26)23-14-7-2-3-8-19-14)16(24-18(22-11)20-10-21-24)12-5-4-6-13(9-12)25(27)28/h2-10,16H,1H3,(H,19,23,26)(H,20,21,22)/t16-/m1/s1. The topological polar surface area (TPSA) is 128 Å². The fraction of sp³-hybridized carbons (Fsp3) is 0.111. The van der Waals surface area contributed by atoms with E-state index in [1.54, 1.807) is 43.5 Å². The van der Waals surface area contributed by atoms with Gasteiger partial charge in [-0.25, -0.2) is 9.67 Å². The van der Waals surface area contributed by atoms with Gasteiger partial charge in [0.1, 0.15) is 18.2 Å². The van der Waals surface area contributed by atoms with Crippen LogP contribution in [-0.2, 0) is 4.79 Å². The van der Waals surface area contributed by atoms with E-state index in [1.165, 1.54) is 23.1 Å². The highest BCUT2D eigenvalue weighted by Crippen LogP contribution is 2.36. The third-order valence-corrected chi connectivity index (χ3v) is 4.34. The number of benzene rings is 1. The van der Waals surface area contributed by atoms with Gasteiger partial charge in [0, 0.05) is 24.0 Å². The van der Waals surface area contributed by atoms with E-state index in [9.17, 15) is 14.9 Å². The van der Waals surface area contributed by atoms with Crippen LogP contribution in [0.1, 0.15) is 18.5 Å². The van der Waals surface area contributed by atoms with Gasteiger partial charge in [0.25, 0.3) is 11.6 Å². The van der Waals surface area contributed by atoms with Gasteiger partial charge in [0.2, 0.25) is 5.95 Å². The molecule has 1 amide bonds. The summed E-state index contributed by atoms with van der Waals surface area (Å²) < 4.78 is 1.53. The quantitative estimate of drug-likeness (QED) is 0.528. The lowest BCUT2D eigenvalue weighted by Crippen LogP contribution is -2.31. The number of hydrogen-bond donors (Lipinski definition) is 2. The molecular formula is C18H15N7O3. The number of nitro benzene ring substituents is 1. The Morgan fingerprint density at radius 2 is 2.11 bits per heavy atom. The number of pyridine rings is 1. The number of nitrogens with one attached hydrogen (secondary N) is 2. The average molecular weight is 377 g/mol. The predicted octanol–water partition coefficient (Wildman–Crippen LogP) is 2.51. The molecule has 28 heavy (non-hydrogen) atoms. The summed E-state index contributed by atoms with van der Waals surface area (Å²) in [5, 5.41) is 21.2. The molecule has 0 fully saturated rings. The molecule has 1 atom stereocenters. The van der Waals surface area contributed by atoms with Crippen molar-refractivity contribution in [2.24, 2.45) is 0 Å². The maximum Gasteiger partial charge on any atom is 0.269 e. The molecule has 1 aliphatic rings. The smallest absolute Gasteiger partial charge is 0.269 e. The van der Waals surface area contributed by atoms with Crippen LogP contribution in [0.25, 0.3) is 0 Å². The monoisotopic (exact) mass is 377 g/mol. The van der Waals surface area contributed by atoms with Crippen molar-refractivity contribution in [3.63, 3.8) is 0 Å². The summed E-state index contributed by atoms with van der Waals surface area (Å²) in [6.07, 6.45) is 2.93. The second-order valence-corrected chi connectivity index (χ2v) is 6.12. The summed E-state index contributed by atoms with van der Waals surface area (Å²) in [6, 6.07) is 10.6. The highest BCUT2D eigenvalue weighted by molar-refractivity contribution is 6.05. The number of hydrogen-bond acceptors (Lipinski definition) is 7. The van der Waals surface area contributed by atoms with Crippen molar-refractivity contribution in [2.45, 2.75) is 13.0 Å². The fourth-order valence-corrected chi connectivity index (χ4v) is 3.12. The Morgan fingerprint density at radius 1 is 1.25 bits per heavy atom. The molecule has 140 valence electrons. The molecule has 2 N–H and O–H groups in total. The van der Waals surface area contributed by atoms with Crippen molar-refractivity contribution in [3.05, 3.63) is 81.9 Å². The van der Waals surface area contributed by atoms with Gasteiger partial charge in [-0.1, -0.05) is 18.2 Å². The Kier molecular flexibility index (Phi) is 4.28. The number of nitrogens with zero attached hydrogens (tertiary/aromatic N) is 5. The van der Waals surface area contributed by atoms with Gasteiger partial charge in [-0.15, -0.1) is 0 Å². The number of allylic oxidation sites excluding steroid dienone is 1. The maximum atomic E-state index is 13.1. The summed E-state index contributed by atoms with van der Waals surface area (Å²) in [4.78, 5) is 32.1. The first-order valence-electron chi connectivity index (χ1n) is 8.38. The van der Waals surface area contributed by atoms with Crippen LogP contribution in [0.2, 0.25) is 0 Å². The summed E-state index contributed by atoms with van der Waals surface area (Å²) in [7, 11) is 0. The Bertz CT molecular complexity index is 1090. The molecule has 1 aromatic carbocycles. The highest BCUT2D eigenvalue weighted by Gasteiger charge is 2.34. The highest BCUT2D eigenvalue weighted by atomic mass is 16.6. The van der Waals surface area contributed by atoms with Crippen molar-refractivity contribution in [1.29, 1.82) is 0 Å². The van der Waals surface area contributed by atoms with Crippen molar-refractivity contribution >= 4 is 23.4 Å². The van der Waals surface area contributed by atoms with E-state index >= 15 is 0 Å². The minimum atomic E-state index is -0.678. The van der Waals surface area contributed by atoms with E-state index in [0.29, 0.717) is 28.6 Å². The minimum Gasteiger partial charge on any atom is -0.328 e. The van der Waals surface area contributed by atoms with Crippen LogP contribution in [0.5, 0.6) is 0 Å². The molecular weight excluding hydrogens is 362 g/mol. The lowest BCUT2D eigenvalue weighted by molar-refractivity contribution is -0.384. The summed E-state index contributed by atoms with van der Waals surface area (Å²) >= 11 is 0. The van der Waals surface area contributed by atoms with Gasteiger partial charge in [-0.2, -0.15) is 10.1 Å². The normalized spacial score (nSPS) is 15.5. The second kappa shape index (κ2) is 6.91. The van der Waals surface area contributed by atoms with Gasteiger partial charge in [0.15, 0.2) is 0 Å². The van der Waals surface area contributed by atoms with E-state index < -0.39 is 11.0 Å². The van der Waals surface area contributed by atoms with Gasteiger partial charge >= 0.3 is 0 Å². The summed E-state index contributed by atoms with van der Waals surface area (Å²) in [5.41, 5.74) is 1.42. The van der Waals surface area contributed by atoms with E-state index in [-0.39, 0.29) is 11.6 Å². The van der Waals surface area contributed by atoms with Crippen LogP contribution in [0.3, 0.4) is 0 Å². The zero-order valence-corrected chi connectivity index (χ0v) is 14.7. The first kappa shape index (κ1) is 17.3. The number of non-ortho nitro benzene ring substituents is 1. The number of carbonyl (C=O) groups is 1. The van der Waals surface area contributed by atoms with E-state index in [0.717, 1.165) is 0 Å². The van der Waals surface area contributed by atoms with E-state index in [2.05, 4.69) is 25.7 Å². The van der Waals surface area contributed by atoms with Crippen molar-refractivity contribution in [3.8, 4) is 0 Å². The molecule has 10 nitrogen and oxygen atoms in total. The van der Waals surface area contributed by atoms with Crippen molar-refractivity contribution < 1.29 is 9.72 Å². The molecule has 0 aliphatic carbocycles. The summed E-state index contributed by atoms with van der Waals surface area (Å²) in [6.45, 7) is 1.75. The lowest BCUT2D eigenvalue weighted by atomic mass is 9.94. The van der Waals surface area contributed by atoms with Crippen molar-refractivity contribution in [2.75, 3.05) is 10.6 Å². The molecule has 0 saturated carbocycles. The number of nitro groups is 1. The van der Waals surface area contributed by atoms with E-state index in [1.807, 2.05) is 0 Å². The SMILES string of the molecule is CC1=C(C(=O)Nc2ccccn2)[C@@H](c2cccc([N+](=O)[O-])c2)n2ncnc2N1. The molecule has 0 saturated heterocycles. The Morgan fingerprint density at radius 3 is 2.86 bits per heavy atom. The number of amides is 1. The molecule has 0 radical (unpaired) electrons. The number of anilines is 2. The van der Waals surface area contributed by atoms with Gasteiger partial charge < -0.3 is 10.6 Å². The fourth-order valence-electron chi connectivity index (χ4n) is 3.12. The Labute approximate surface area is 159 Å². The summed E-state index contributed by atoms with van der Waals surface area (Å²) in [5.74, 6) is 0.458. The van der Waals surface area contributed by atoms with Crippen molar-refractivity contribution in [1.82, 2.24) is 19.7 Å². The number of fused-ring (bicyclic) bond motifs is 1. The van der Waals surface area contributed by atoms with Gasteiger partial charge in [-0.3, -0.25) is 14.9 Å². The molecule has 3 heterocycles. The second-order valence-electron chi connectivity index (χ2n) is 6.12. The third-order valence-electron chi connectivity index (χ3n) is 4.34. The zero-order chi connectivity index (χ0) is 19.7. The van der Waals surface area contributed by atoms with Crippen LogP contribution in [0.4, 0.5) is 17.5 Å². The number of carbonyl (C=O) groups excluding carboxylic acids is 1. The van der Waals surface area contributed by atoms with Gasteiger partial charge in [0.05, 0.1) is 10.5 Å². The first-order valence-corrected chi connectivity index (χ1v) is 8.38. The molecule has 4 rings (SSSR count). The first-order chi connectivity index (χ1) is 13.5. The van der Waals surface area contributed by atoms with Crippen LogP contribution in [-0.4, -0.2) is 30.6 Å². The average Bonchev–Trinajstić information content (AvgIpc) is 3.15. The number of rotatable bonds is 4. The van der Waals surface area contributed by atoms with Crippen LogP contribution < -0.4 is 10.6 Å². The molecule has 2 aromatic heterocycles. The molecule has 0 bridgehead atoms. The minimum absolute atomic E-state index is 0.0696. The molecule has 10 heteroatoms. The largest absolute Gasteiger partial charge is 0.328 e. The lowest BCUT2D eigenvalue weighted by Gasteiger charge is -2.28. The predicted molar refractivity (Wildman–Crippen MR) is 100 cm³/mol. The third kappa shape index (κ3) is 3.07. The molecule has 1 aliphatic heterocycles. The Balaban J connectivity index is 1.80. The van der Waals surface area contributed by atoms with Crippen LogP contribution in [0, 0.1) is 10.1 Å².